The quantitative estimate of drug-likeness (QED) is 0.776. The van der Waals surface area contributed by atoms with Crippen LogP contribution in [0.5, 0.6) is 0 Å². The fourth-order valence-electron chi connectivity index (χ4n) is 2.02. The fourth-order valence-corrected chi connectivity index (χ4v) is 2.02. The molecule has 0 spiro atoms. The van der Waals surface area contributed by atoms with Crippen LogP contribution in [0.4, 0.5) is 5.69 Å². The Morgan fingerprint density at radius 1 is 1.53 bits per heavy atom. The van der Waals surface area contributed by atoms with Crippen molar-refractivity contribution in [3.8, 4) is 0 Å². The molecule has 2 unspecified atom stereocenters. The van der Waals surface area contributed by atoms with Gasteiger partial charge in [-0.2, -0.15) is 0 Å². The number of fused-ring (bicyclic) bond motifs is 1. The summed E-state index contributed by atoms with van der Waals surface area (Å²) in [5.41, 5.74) is 2.37. The van der Waals surface area contributed by atoms with Crippen molar-refractivity contribution in [1.82, 2.24) is 0 Å². The molecule has 0 aliphatic carbocycles. The van der Waals surface area contributed by atoms with Crippen LogP contribution in [0, 0.1) is 11.8 Å². The van der Waals surface area contributed by atoms with E-state index in [-0.39, 0.29) is 11.8 Å². The van der Waals surface area contributed by atoms with Crippen molar-refractivity contribution in [3.05, 3.63) is 29.8 Å². The predicted molar refractivity (Wildman–Crippen MR) is 58.9 cm³/mol. The number of hydrogen-bond acceptors (Lipinski definition) is 2. The number of carboxylic acid groups (broad SMARTS) is 1. The molecule has 2 atom stereocenters. The van der Waals surface area contributed by atoms with E-state index in [0.717, 1.165) is 18.7 Å². The Kier molecular flexibility index (Phi) is 2.62. The fraction of sp³-hybridized carbons (Fsp3) is 0.417. The Labute approximate surface area is 89.1 Å². The monoisotopic (exact) mass is 205 g/mol. The first-order chi connectivity index (χ1) is 7.18. The molecular weight excluding hydrogens is 190 g/mol. The van der Waals surface area contributed by atoms with Gasteiger partial charge >= 0.3 is 5.97 Å². The highest BCUT2D eigenvalue weighted by molar-refractivity contribution is 5.70. The average Bonchev–Trinajstić information content (AvgIpc) is 2.27. The van der Waals surface area contributed by atoms with E-state index >= 15 is 0 Å². The van der Waals surface area contributed by atoms with Gasteiger partial charge in [0.15, 0.2) is 0 Å². The van der Waals surface area contributed by atoms with E-state index in [0.29, 0.717) is 0 Å². The second-order valence-corrected chi connectivity index (χ2v) is 4.13. The Morgan fingerprint density at radius 2 is 2.27 bits per heavy atom. The zero-order valence-electron chi connectivity index (χ0n) is 8.73. The van der Waals surface area contributed by atoms with Crippen LogP contribution < -0.4 is 5.32 Å². The minimum Gasteiger partial charge on any atom is -0.481 e. The molecule has 0 saturated carbocycles. The Bertz CT molecular complexity index is 376. The van der Waals surface area contributed by atoms with Crippen LogP contribution in [0.15, 0.2) is 24.3 Å². The molecule has 2 rings (SSSR count). The minimum absolute atomic E-state index is 0.192. The summed E-state index contributed by atoms with van der Waals surface area (Å²) in [6.07, 6.45) is 0.858. The largest absolute Gasteiger partial charge is 0.481 e. The number of rotatable bonds is 2. The van der Waals surface area contributed by atoms with Gasteiger partial charge in [0, 0.05) is 12.2 Å². The van der Waals surface area contributed by atoms with E-state index in [1.807, 2.05) is 18.2 Å². The summed E-state index contributed by atoms with van der Waals surface area (Å²) in [5.74, 6) is -0.801. The summed E-state index contributed by atoms with van der Waals surface area (Å²) in [4.78, 5) is 10.9. The first kappa shape index (κ1) is 10.0. The lowest BCUT2D eigenvalue weighted by Crippen LogP contribution is -2.32. The number of aliphatic carboxylic acids is 1. The van der Waals surface area contributed by atoms with Crippen molar-refractivity contribution in [3.63, 3.8) is 0 Å². The van der Waals surface area contributed by atoms with Crippen molar-refractivity contribution >= 4 is 11.7 Å². The standard InChI is InChI=1S/C12H15NO2/c1-8(12(14)15)10-6-9-4-2-3-5-11(9)13-7-10/h2-5,8,10,13H,6-7H2,1H3,(H,14,15). The lowest BCUT2D eigenvalue weighted by molar-refractivity contribution is -0.142. The lowest BCUT2D eigenvalue weighted by atomic mass is 9.85. The molecule has 3 nitrogen and oxygen atoms in total. The minimum atomic E-state index is -0.707. The first-order valence-electron chi connectivity index (χ1n) is 5.23. The Balaban J connectivity index is 2.15. The highest BCUT2D eigenvalue weighted by Crippen LogP contribution is 2.28. The van der Waals surface area contributed by atoms with Crippen LogP contribution >= 0.6 is 0 Å². The molecule has 1 aromatic carbocycles. The van der Waals surface area contributed by atoms with Crippen LogP contribution in [0.2, 0.25) is 0 Å². The first-order valence-corrected chi connectivity index (χ1v) is 5.23. The molecule has 1 aliphatic rings. The number of hydrogen-bond donors (Lipinski definition) is 2. The third kappa shape index (κ3) is 1.96. The maximum atomic E-state index is 10.9. The van der Waals surface area contributed by atoms with Crippen molar-refractivity contribution in [2.45, 2.75) is 13.3 Å². The van der Waals surface area contributed by atoms with Crippen molar-refractivity contribution in [1.29, 1.82) is 0 Å². The third-order valence-corrected chi connectivity index (χ3v) is 3.15. The summed E-state index contributed by atoms with van der Waals surface area (Å²) in [6.45, 7) is 2.53. The van der Waals surface area contributed by atoms with Crippen molar-refractivity contribution in [2.75, 3.05) is 11.9 Å². The van der Waals surface area contributed by atoms with Gasteiger partial charge in [-0.05, 0) is 24.0 Å². The number of para-hydroxylation sites is 1. The molecule has 3 heteroatoms. The Hall–Kier alpha value is -1.51. The van der Waals surface area contributed by atoms with E-state index in [1.54, 1.807) is 6.92 Å². The van der Waals surface area contributed by atoms with Crippen LogP contribution in [-0.2, 0) is 11.2 Å². The SMILES string of the molecule is CC(C(=O)O)C1CNc2ccccc2C1. The molecule has 0 bridgehead atoms. The highest BCUT2D eigenvalue weighted by atomic mass is 16.4. The molecule has 2 N–H and O–H groups in total. The molecule has 0 aromatic heterocycles. The molecular formula is C12H15NO2. The molecule has 15 heavy (non-hydrogen) atoms. The highest BCUT2D eigenvalue weighted by Gasteiger charge is 2.27. The van der Waals surface area contributed by atoms with Gasteiger partial charge in [0.25, 0.3) is 0 Å². The summed E-state index contributed by atoms with van der Waals surface area (Å²) in [5, 5.41) is 12.2. The molecule has 0 saturated heterocycles. The van der Waals surface area contributed by atoms with Gasteiger partial charge < -0.3 is 10.4 Å². The summed E-state index contributed by atoms with van der Waals surface area (Å²) in [7, 11) is 0. The average molecular weight is 205 g/mol. The molecule has 0 fully saturated rings. The van der Waals surface area contributed by atoms with E-state index in [1.165, 1.54) is 5.56 Å². The smallest absolute Gasteiger partial charge is 0.306 e. The van der Waals surface area contributed by atoms with Crippen molar-refractivity contribution < 1.29 is 9.90 Å². The molecule has 1 aromatic rings. The molecule has 1 aliphatic heterocycles. The molecule has 1 heterocycles. The number of anilines is 1. The second kappa shape index (κ2) is 3.93. The van der Waals surface area contributed by atoms with Crippen LogP contribution in [0.25, 0.3) is 0 Å². The summed E-state index contributed by atoms with van der Waals surface area (Å²) >= 11 is 0. The van der Waals surface area contributed by atoms with Gasteiger partial charge in [0.2, 0.25) is 0 Å². The topological polar surface area (TPSA) is 49.3 Å². The Morgan fingerprint density at radius 3 is 3.00 bits per heavy atom. The van der Waals surface area contributed by atoms with Gasteiger partial charge in [-0.1, -0.05) is 25.1 Å². The van der Waals surface area contributed by atoms with Crippen molar-refractivity contribution in [2.24, 2.45) is 11.8 Å². The molecule has 0 radical (unpaired) electrons. The predicted octanol–water partition coefficient (Wildman–Crippen LogP) is 1.99. The zero-order chi connectivity index (χ0) is 10.8. The third-order valence-electron chi connectivity index (χ3n) is 3.15. The number of nitrogens with one attached hydrogen (secondary N) is 1. The van der Waals surface area contributed by atoms with E-state index < -0.39 is 5.97 Å². The van der Waals surface area contributed by atoms with E-state index in [4.69, 9.17) is 5.11 Å². The van der Waals surface area contributed by atoms with Crippen LogP contribution in [0.3, 0.4) is 0 Å². The second-order valence-electron chi connectivity index (χ2n) is 4.13. The number of benzene rings is 1. The van der Waals surface area contributed by atoms with E-state index in [2.05, 4.69) is 11.4 Å². The van der Waals surface area contributed by atoms with Crippen LogP contribution in [0.1, 0.15) is 12.5 Å². The van der Waals surface area contributed by atoms with Gasteiger partial charge in [0.1, 0.15) is 0 Å². The maximum Gasteiger partial charge on any atom is 0.306 e. The summed E-state index contributed by atoms with van der Waals surface area (Å²) in [6, 6.07) is 8.08. The zero-order valence-corrected chi connectivity index (χ0v) is 8.73. The molecule has 0 amide bonds. The van der Waals surface area contributed by atoms with Gasteiger partial charge in [-0.25, -0.2) is 0 Å². The van der Waals surface area contributed by atoms with Gasteiger partial charge in [-0.15, -0.1) is 0 Å². The van der Waals surface area contributed by atoms with E-state index in [9.17, 15) is 4.79 Å². The molecule has 80 valence electrons. The van der Waals surface area contributed by atoms with Gasteiger partial charge in [0.05, 0.1) is 5.92 Å². The summed E-state index contributed by atoms with van der Waals surface area (Å²) < 4.78 is 0. The van der Waals surface area contributed by atoms with Crippen LogP contribution in [-0.4, -0.2) is 17.6 Å². The maximum absolute atomic E-state index is 10.9. The van der Waals surface area contributed by atoms with Gasteiger partial charge in [-0.3, -0.25) is 4.79 Å². The number of carboxylic acids is 1. The lowest BCUT2D eigenvalue weighted by Gasteiger charge is -2.28. The normalized spacial score (nSPS) is 21.3. The number of carbonyl (C=O) groups is 1.